The Kier molecular flexibility index (Phi) is 5.38. The molecule has 0 radical (unpaired) electrons. The molecule has 0 bridgehead atoms. The molecule has 2 heterocycles. The number of hydrogen-bond acceptors (Lipinski definition) is 4. The standard InChI is InChI=1S/C16H18F4N6O2S/c1-3-26-7-10(17)14(24-26)29(21,28)25-15(27)23-12-8(2)13(16(18,19)20)22-11-6-4-5-9(11)12/h7H,3-6H2,1-2H3,(H3,21,22,23,25,27,28). The molecule has 0 spiro atoms. The van der Waals surface area contributed by atoms with Crippen LogP contribution < -0.4 is 10.5 Å². The number of rotatable bonds is 3. The number of fused-ring (bicyclic) bond motifs is 1. The van der Waals surface area contributed by atoms with Crippen LogP contribution in [0.4, 0.5) is 28.0 Å². The molecule has 13 heteroatoms. The van der Waals surface area contributed by atoms with E-state index in [-0.39, 0.29) is 23.5 Å². The SMILES string of the molecule is CCn1cc(F)c(S(N)(=O)=NC(=O)Nc2c(C)c(C(F)(F)F)nc3c2CCC3)n1. The predicted octanol–water partition coefficient (Wildman–Crippen LogP) is 3.19. The second-order valence-corrected chi connectivity index (χ2v) is 8.17. The average molecular weight is 434 g/mol. The third kappa shape index (κ3) is 4.10. The van der Waals surface area contributed by atoms with E-state index >= 15 is 0 Å². The predicted molar refractivity (Wildman–Crippen MR) is 95.9 cm³/mol. The van der Waals surface area contributed by atoms with Gasteiger partial charge in [0, 0.05) is 17.8 Å². The van der Waals surface area contributed by atoms with E-state index in [0.717, 1.165) is 10.9 Å². The molecule has 1 unspecified atom stereocenters. The Morgan fingerprint density at radius 1 is 1.41 bits per heavy atom. The van der Waals surface area contributed by atoms with Gasteiger partial charge in [-0.2, -0.15) is 18.3 Å². The highest BCUT2D eigenvalue weighted by atomic mass is 32.2. The van der Waals surface area contributed by atoms with E-state index in [1.807, 2.05) is 0 Å². The number of hydrogen-bond donors (Lipinski definition) is 2. The van der Waals surface area contributed by atoms with E-state index in [0.29, 0.717) is 24.8 Å². The van der Waals surface area contributed by atoms with Crippen LogP contribution in [0.5, 0.6) is 0 Å². The van der Waals surface area contributed by atoms with Crippen molar-refractivity contribution in [3.63, 3.8) is 0 Å². The summed E-state index contributed by atoms with van der Waals surface area (Å²) < 4.78 is 70.7. The summed E-state index contributed by atoms with van der Waals surface area (Å²) in [4.78, 5) is 16.0. The summed E-state index contributed by atoms with van der Waals surface area (Å²) in [5, 5.41) is 10.7. The zero-order valence-electron chi connectivity index (χ0n) is 15.5. The van der Waals surface area contributed by atoms with Gasteiger partial charge in [0.05, 0.1) is 11.9 Å². The molecule has 0 aromatic carbocycles. The Bertz CT molecular complexity index is 1100. The van der Waals surface area contributed by atoms with Crippen molar-refractivity contribution in [2.45, 2.75) is 50.9 Å². The third-order valence-electron chi connectivity index (χ3n) is 4.47. The smallest absolute Gasteiger partial charge is 0.305 e. The first-order valence-electron chi connectivity index (χ1n) is 8.62. The fraction of sp³-hybridized carbons (Fsp3) is 0.438. The molecule has 0 fully saturated rings. The Balaban J connectivity index is 2.01. The highest BCUT2D eigenvalue weighted by molar-refractivity contribution is 7.91. The van der Waals surface area contributed by atoms with Crippen molar-refractivity contribution >= 4 is 21.6 Å². The number of pyridine rings is 1. The van der Waals surface area contributed by atoms with Crippen LogP contribution in [0.15, 0.2) is 15.6 Å². The van der Waals surface area contributed by atoms with E-state index in [4.69, 9.17) is 5.14 Å². The number of nitrogens with one attached hydrogen (secondary N) is 1. The van der Waals surface area contributed by atoms with Crippen LogP contribution in [-0.2, 0) is 35.5 Å². The normalized spacial score (nSPS) is 15.7. The number of carbonyl (C=O) groups excluding carboxylic acids is 1. The van der Waals surface area contributed by atoms with Crippen molar-refractivity contribution < 1.29 is 26.6 Å². The molecular formula is C16H18F4N6O2S. The van der Waals surface area contributed by atoms with Gasteiger partial charge in [0.2, 0.25) is 5.03 Å². The summed E-state index contributed by atoms with van der Waals surface area (Å²) in [6.45, 7) is 3.09. The Hall–Kier alpha value is -2.54. The van der Waals surface area contributed by atoms with E-state index in [1.54, 1.807) is 6.92 Å². The number of urea groups is 1. The summed E-state index contributed by atoms with van der Waals surface area (Å²) in [5.74, 6) is -1.00. The van der Waals surface area contributed by atoms with Crippen LogP contribution in [0.1, 0.15) is 35.9 Å². The lowest BCUT2D eigenvalue weighted by molar-refractivity contribution is -0.141. The molecule has 3 N–H and O–H groups in total. The fourth-order valence-electron chi connectivity index (χ4n) is 3.16. The molecule has 8 nitrogen and oxygen atoms in total. The summed E-state index contributed by atoms with van der Waals surface area (Å²) in [7, 11) is -4.05. The number of aromatic nitrogens is 3. The Morgan fingerprint density at radius 3 is 2.69 bits per heavy atom. The molecular weight excluding hydrogens is 416 g/mol. The minimum atomic E-state index is -4.71. The highest BCUT2D eigenvalue weighted by Crippen LogP contribution is 2.38. The van der Waals surface area contributed by atoms with Gasteiger partial charge in [-0.05, 0) is 38.7 Å². The van der Waals surface area contributed by atoms with Gasteiger partial charge in [0.25, 0.3) is 0 Å². The third-order valence-corrected chi connectivity index (χ3v) is 5.74. The minimum Gasteiger partial charge on any atom is -0.305 e. The maximum atomic E-state index is 13.9. The largest absolute Gasteiger partial charge is 0.433 e. The zero-order valence-corrected chi connectivity index (χ0v) is 16.3. The first-order chi connectivity index (χ1) is 13.4. The van der Waals surface area contributed by atoms with E-state index < -0.39 is 38.7 Å². The molecule has 29 heavy (non-hydrogen) atoms. The van der Waals surface area contributed by atoms with Crippen LogP contribution >= 0.6 is 0 Å². The van der Waals surface area contributed by atoms with E-state index in [9.17, 15) is 26.6 Å². The Morgan fingerprint density at radius 2 is 2.10 bits per heavy atom. The van der Waals surface area contributed by atoms with Gasteiger partial charge in [0.1, 0.15) is 5.69 Å². The second kappa shape index (κ2) is 7.37. The summed E-state index contributed by atoms with van der Waals surface area (Å²) >= 11 is 0. The molecule has 2 aromatic rings. The molecule has 1 aliphatic rings. The van der Waals surface area contributed by atoms with Crippen LogP contribution in [0.25, 0.3) is 0 Å². The van der Waals surface area contributed by atoms with Crippen LogP contribution in [0, 0.1) is 12.7 Å². The maximum absolute atomic E-state index is 13.9. The van der Waals surface area contributed by atoms with Crippen molar-refractivity contribution in [3.8, 4) is 0 Å². The molecule has 3 rings (SSSR count). The summed E-state index contributed by atoms with van der Waals surface area (Å²) in [6.07, 6.45) is -2.42. The van der Waals surface area contributed by atoms with Crippen LogP contribution in [-0.4, -0.2) is 25.0 Å². The average Bonchev–Trinajstić information content (AvgIpc) is 3.22. The first-order valence-corrected chi connectivity index (χ1v) is 10.2. The van der Waals surface area contributed by atoms with Gasteiger partial charge in [-0.3, -0.25) is 4.68 Å². The topological polar surface area (TPSA) is 115 Å². The van der Waals surface area contributed by atoms with Gasteiger partial charge < -0.3 is 5.32 Å². The molecule has 1 aliphatic carbocycles. The van der Waals surface area contributed by atoms with Gasteiger partial charge in [-0.25, -0.2) is 23.5 Å². The number of nitrogens with two attached hydrogens (primary N) is 1. The number of carbonyl (C=O) groups is 1. The second-order valence-electron chi connectivity index (χ2n) is 6.46. The van der Waals surface area contributed by atoms with Crippen molar-refractivity contribution in [2.75, 3.05) is 5.32 Å². The summed E-state index contributed by atoms with van der Waals surface area (Å²) in [6, 6.07) is -1.26. The maximum Gasteiger partial charge on any atom is 0.433 e. The fourth-order valence-corrected chi connectivity index (χ4v) is 4.10. The number of halogens is 4. The number of amides is 2. The first kappa shape index (κ1) is 21.2. The van der Waals surface area contributed by atoms with E-state index in [2.05, 4.69) is 19.8 Å². The highest BCUT2D eigenvalue weighted by Gasteiger charge is 2.38. The van der Waals surface area contributed by atoms with E-state index in [1.165, 1.54) is 6.92 Å². The molecule has 2 amide bonds. The number of nitrogens with zero attached hydrogens (tertiary/aromatic N) is 4. The quantitative estimate of drug-likeness (QED) is 0.722. The lowest BCUT2D eigenvalue weighted by atomic mass is 10.1. The Labute approximate surface area is 163 Å². The molecule has 158 valence electrons. The van der Waals surface area contributed by atoms with Crippen molar-refractivity contribution in [1.82, 2.24) is 14.8 Å². The molecule has 0 saturated carbocycles. The monoisotopic (exact) mass is 434 g/mol. The number of aryl methyl sites for hydroxylation is 2. The summed E-state index contributed by atoms with van der Waals surface area (Å²) in [5.41, 5.74) is -0.798. The molecule has 0 aliphatic heterocycles. The van der Waals surface area contributed by atoms with Gasteiger partial charge in [0.15, 0.2) is 15.7 Å². The van der Waals surface area contributed by atoms with Gasteiger partial charge in [-0.15, -0.1) is 4.36 Å². The molecule has 0 saturated heterocycles. The van der Waals surface area contributed by atoms with Crippen LogP contribution in [0.3, 0.4) is 0 Å². The number of alkyl halides is 3. The van der Waals surface area contributed by atoms with Crippen molar-refractivity contribution in [1.29, 1.82) is 0 Å². The molecule has 1 atom stereocenters. The number of anilines is 1. The zero-order chi connectivity index (χ0) is 21.6. The van der Waals surface area contributed by atoms with Crippen molar-refractivity contribution in [2.24, 2.45) is 9.50 Å². The van der Waals surface area contributed by atoms with Crippen molar-refractivity contribution in [3.05, 3.63) is 34.5 Å². The van der Waals surface area contributed by atoms with Gasteiger partial charge in [-0.1, -0.05) is 0 Å². The van der Waals surface area contributed by atoms with Gasteiger partial charge >= 0.3 is 12.2 Å². The van der Waals surface area contributed by atoms with Crippen LogP contribution in [0.2, 0.25) is 0 Å². The molecule has 2 aromatic heterocycles. The minimum absolute atomic E-state index is 0.0941. The lowest BCUT2D eigenvalue weighted by Gasteiger charge is -2.17. The lowest BCUT2D eigenvalue weighted by Crippen LogP contribution is -2.21.